The number of hydrogen-bond acceptors (Lipinski definition) is 9. The van der Waals surface area contributed by atoms with Gasteiger partial charge in [-0.1, -0.05) is 84.9 Å². The van der Waals surface area contributed by atoms with E-state index in [0.29, 0.717) is 56.7 Å². The van der Waals surface area contributed by atoms with E-state index in [1.807, 2.05) is 78.9 Å². The van der Waals surface area contributed by atoms with Crippen molar-refractivity contribution in [1.29, 1.82) is 0 Å². The number of aromatic nitrogens is 8. The van der Waals surface area contributed by atoms with Gasteiger partial charge in [0.2, 0.25) is 0 Å². The van der Waals surface area contributed by atoms with Gasteiger partial charge < -0.3 is 19.6 Å². The molecule has 0 spiro atoms. The zero-order valence-corrected chi connectivity index (χ0v) is 26.6. The van der Waals surface area contributed by atoms with Crippen molar-refractivity contribution in [3.05, 3.63) is 96.6 Å². The van der Waals surface area contributed by atoms with Gasteiger partial charge in [-0.25, -0.2) is 34.7 Å². The number of carboxylic acids is 1. The average Bonchev–Trinajstić information content (AvgIpc) is 3.80. The van der Waals surface area contributed by atoms with Crippen LogP contribution in [0.25, 0.3) is 89.7 Å². The van der Waals surface area contributed by atoms with E-state index in [2.05, 4.69) is 20.7 Å². The molecule has 0 aliphatic carbocycles. The maximum atomic E-state index is 12.3. The summed E-state index contributed by atoms with van der Waals surface area (Å²) in [5.41, 5.74) is 5.36. The molecule has 1 atom stereocenters. The minimum Gasteiger partial charge on any atom is -0.760 e. The molecule has 4 aromatic carbocycles. The van der Waals surface area contributed by atoms with Gasteiger partial charge in [0, 0.05) is 54.1 Å². The molecular formula is C33H18ClCuN8O4S. The molecule has 0 fully saturated rings. The third-order valence-electron chi connectivity index (χ3n) is 7.81. The fourth-order valence-electron chi connectivity index (χ4n) is 5.87. The van der Waals surface area contributed by atoms with E-state index >= 15 is 0 Å². The average molecular weight is 722 g/mol. The van der Waals surface area contributed by atoms with Gasteiger partial charge in [-0.05, 0) is 16.7 Å². The van der Waals surface area contributed by atoms with Crippen LogP contribution in [0.2, 0.25) is 0 Å². The molecule has 48 heavy (non-hydrogen) atoms. The number of rotatable bonds is 1. The summed E-state index contributed by atoms with van der Waals surface area (Å²) in [6, 6.07) is 28.5. The Morgan fingerprint density at radius 2 is 0.938 bits per heavy atom. The number of fused-ring (bicyclic) bond motifs is 20. The molecule has 5 heterocycles. The molecule has 0 saturated carbocycles. The van der Waals surface area contributed by atoms with Crippen LogP contribution >= 0.6 is 10.7 Å². The number of carbonyl (C=O) groups is 1. The van der Waals surface area contributed by atoms with Crippen LogP contribution in [-0.2, 0) is 27.4 Å². The molecule has 1 unspecified atom stereocenters. The smallest absolute Gasteiger partial charge is 0.760 e. The molecule has 3 aromatic heterocycles. The van der Waals surface area contributed by atoms with Gasteiger partial charge in [-0.15, -0.1) is 0 Å². The van der Waals surface area contributed by atoms with E-state index in [1.165, 1.54) is 0 Å². The van der Waals surface area contributed by atoms with Crippen LogP contribution in [0.1, 0.15) is 10.4 Å². The molecule has 12 nitrogen and oxygen atoms in total. The topological polar surface area (TPSA) is 186 Å². The number of H-pyrrole nitrogens is 2. The molecular weight excluding hydrogens is 703 g/mol. The molecule has 238 valence electrons. The van der Waals surface area contributed by atoms with E-state index in [1.54, 1.807) is 12.1 Å². The van der Waals surface area contributed by atoms with Crippen LogP contribution in [0.5, 0.6) is 0 Å². The number of carboxylic acid groups (broad SMARTS) is 1. The first-order valence-electron chi connectivity index (χ1n) is 14.1. The zero-order valence-electron chi connectivity index (χ0n) is 24.1. The fraction of sp³-hybridized carbons (Fsp3) is 0. The van der Waals surface area contributed by atoms with Crippen LogP contribution in [0.3, 0.4) is 0 Å². The standard InChI is InChI=1S/C33H18N8O2.ClHO2S.Cu/c42-33(43)23-15-7-14-22-24(23)32-40-30-21-13-6-5-12-20(21)28(38-30)36-26-17-9-2-1-8-16(17)25(34-26)35-27-18-10-3-4-11-19(18)29(37-27)39-31(22)41-32;1-4(2)3;/h1-15H,(H,42,43)(H2,34,35,36,37,38,39,40,41);(H,2,3);/q;;+1/p-1. The fourth-order valence-corrected chi connectivity index (χ4v) is 5.87. The van der Waals surface area contributed by atoms with Crippen molar-refractivity contribution in [2.75, 3.05) is 0 Å². The number of aromatic amines is 2. The third-order valence-corrected chi connectivity index (χ3v) is 7.81. The monoisotopic (exact) mass is 720 g/mol. The predicted molar refractivity (Wildman–Crippen MR) is 178 cm³/mol. The van der Waals surface area contributed by atoms with Crippen molar-refractivity contribution < 1.29 is 35.7 Å². The molecule has 0 amide bonds. The first-order chi connectivity index (χ1) is 22.9. The first kappa shape index (κ1) is 31.2. The van der Waals surface area contributed by atoms with E-state index in [9.17, 15) is 9.90 Å². The zero-order chi connectivity index (χ0) is 32.2. The SMILES string of the molecule is O=C(O)c1cccc2c3nc4nc(nc5[nH]c(nc6nc(nc([nH]3)c12)-c1ccccc1-6)c1ccccc51)-c1ccccc1-4.O=S([O-])Cl.[Cu+]. The minimum absolute atomic E-state index is 0. The molecule has 2 aliphatic rings. The number of nitrogens with zero attached hydrogens (tertiary/aromatic N) is 6. The van der Waals surface area contributed by atoms with Crippen molar-refractivity contribution in [2.45, 2.75) is 0 Å². The Labute approximate surface area is 287 Å². The van der Waals surface area contributed by atoms with Gasteiger partial charge in [-0.3, -0.25) is 4.21 Å². The van der Waals surface area contributed by atoms with Crippen molar-refractivity contribution in [3.63, 3.8) is 0 Å². The summed E-state index contributed by atoms with van der Waals surface area (Å²) in [6.07, 6.45) is 0. The maximum Gasteiger partial charge on any atom is 1.00 e. The number of halogens is 1. The second kappa shape index (κ2) is 12.3. The first-order valence-corrected chi connectivity index (χ1v) is 16.0. The van der Waals surface area contributed by atoms with Crippen LogP contribution in [0.15, 0.2) is 91.0 Å². The molecule has 15 heteroatoms. The van der Waals surface area contributed by atoms with Crippen molar-refractivity contribution in [2.24, 2.45) is 0 Å². The molecule has 0 radical (unpaired) electrons. The largest absolute Gasteiger partial charge is 1.00 e. The summed E-state index contributed by atoms with van der Waals surface area (Å²) in [6.45, 7) is 0. The van der Waals surface area contributed by atoms with E-state index in [0.717, 1.165) is 33.0 Å². The van der Waals surface area contributed by atoms with Crippen LogP contribution < -0.4 is 0 Å². The Kier molecular flexibility index (Phi) is 8.03. The van der Waals surface area contributed by atoms with Gasteiger partial charge in [0.15, 0.2) is 23.3 Å². The number of nitrogens with one attached hydrogen (secondary N) is 2. The summed E-state index contributed by atoms with van der Waals surface area (Å²) < 4.78 is 17.5. The van der Waals surface area contributed by atoms with Crippen molar-refractivity contribution in [1.82, 2.24) is 39.9 Å². The Balaban J connectivity index is 0.000000693. The van der Waals surface area contributed by atoms with Crippen molar-refractivity contribution in [3.8, 4) is 45.6 Å². The quantitative estimate of drug-likeness (QED) is 0.0949. The third kappa shape index (κ3) is 5.31. The second-order valence-electron chi connectivity index (χ2n) is 10.5. The number of hydrogen-bond donors (Lipinski definition) is 3. The van der Waals surface area contributed by atoms with Crippen LogP contribution in [0, 0.1) is 0 Å². The van der Waals surface area contributed by atoms with Gasteiger partial charge in [0.1, 0.15) is 22.6 Å². The Morgan fingerprint density at radius 1 is 0.583 bits per heavy atom. The molecule has 3 N–H and O–H groups in total. The molecule has 2 aliphatic heterocycles. The van der Waals surface area contributed by atoms with Gasteiger partial charge in [-0.2, -0.15) is 0 Å². The second-order valence-corrected chi connectivity index (χ2v) is 11.6. The maximum absolute atomic E-state index is 12.3. The van der Waals surface area contributed by atoms with Crippen LogP contribution in [-0.4, -0.2) is 59.7 Å². The number of benzene rings is 4. The van der Waals surface area contributed by atoms with Gasteiger partial charge in [0.05, 0.1) is 5.56 Å². The molecule has 0 saturated heterocycles. The Morgan fingerprint density at radius 3 is 1.38 bits per heavy atom. The van der Waals surface area contributed by atoms with Crippen molar-refractivity contribution >= 4 is 71.1 Å². The van der Waals surface area contributed by atoms with Gasteiger partial charge in [0.25, 0.3) is 0 Å². The Hall–Kier alpha value is -5.37. The molecule has 7 aromatic rings. The summed E-state index contributed by atoms with van der Waals surface area (Å²) in [5.74, 6) is 0.791. The summed E-state index contributed by atoms with van der Waals surface area (Å²) in [5, 5.41) is 12.9. The summed E-state index contributed by atoms with van der Waals surface area (Å²) >= 11 is 0. The summed E-state index contributed by atoms with van der Waals surface area (Å²) in [4.78, 5) is 48.5. The molecule has 9 rings (SSSR count). The minimum atomic E-state index is -2.39. The van der Waals surface area contributed by atoms with Crippen LogP contribution in [0.4, 0.5) is 0 Å². The predicted octanol–water partition coefficient (Wildman–Crippen LogP) is 6.58. The van der Waals surface area contributed by atoms with E-state index in [4.69, 9.17) is 38.7 Å². The molecule has 8 bridgehead atoms. The summed E-state index contributed by atoms with van der Waals surface area (Å²) in [7, 11) is 1.80. The Bertz CT molecular complexity index is 2640. The van der Waals surface area contributed by atoms with Gasteiger partial charge >= 0.3 is 23.0 Å². The number of aromatic carboxylic acids is 1. The van der Waals surface area contributed by atoms with E-state index < -0.39 is 16.3 Å². The normalized spacial score (nSPS) is 12.0. The van der Waals surface area contributed by atoms with E-state index in [-0.39, 0.29) is 22.6 Å².